The van der Waals surface area contributed by atoms with E-state index >= 15 is 0 Å². The van der Waals surface area contributed by atoms with Crippen molar-refractivity contribution in [3.05, 3.63) is 92.5 Å². The molecule has 0 atom stereocenters. The second-order valence-electron chi connectivity index (χ2n) is 10.7. The lowest BCUT2D eigenvalue weighted by Gasteiger charge is -2.37. The van der Waals surface area contributed by atoms with E-state index in [2.05, 4.69) is 20.4 Å². The number of nitro benzene ring substituents is 1. The minimum absolute atomic E-state index is 0.00822. The summed E-state index contributed by atoms with van der Waals surface area (Å²) in [5.41, 5.74) is 3.75. The molecule has 2 N–H and O–H groups in total. The molecular weight excluding hydrogens is 588 g/mol. The quantitative estimate of drug-likeness (QED) is 0.207. The van der Waals surface area contributed by atoms with E-state index in [1.54, 1.807) is 18.2 Å². The van der Waals surface area contributed by atoms with E-state index < -0.39 is 10.8 Å². The van der Waals surface area contributed by atoms with Gasteiger partial charge in [0, 0.05) is 57.0 Å². The molecule has 10 nitrogen and oxygen atoms in total. The Kier molecular flexibility index (Phi) is 9.42. The van der Waals surface area contributed by atoms with Gasteiger partial charge in [-0.1, -0.05) is 35.4 Å². The van der Waals surface area contributed by atoms with E-state index in [9.17, 15) is 19.7 Å². The number of rotatable bonds is 6. The first-order chi connectivity index (χ1) is 20.7. The van der Waals surface area contributed by atoms with Crippen molar-refractivity contribution in [3.63, 3.8) is 0 Å². The van der Waals surface area contributed by atoms with Crippen LogP contribution in [0.2, 0.25) is 5.02 Å². The fraction of sp³-hybridized carbons (Fsp3) is 0.323. The standard InChI is InChI=1S/C31H33ClN6O4S/c1-21-8-10-22(11-9-21)30(40)37-18-16-36(17-19-37)28-25(32)6-5-7-26(28)33-31(43)34-29(39)24-20-23(38(41)42)12-13-27(24)35-14-3-2-4-15-35/h5-13,20H,2-4,14-19H2,1H3,(H2,33,34,39,43). The number of nitrogens with one attached hydrogen (secondary N) is 2. The van der Waals surface area contributed by atoms with Crippen LogP contribution in [0.25, 0.3) is 0 Å². The molecule has 3 aromatic carbocycles. The van der Waals surface area contributed by atoms with Crippen LogP contribution >= 0.6 is 23.8 Å². The number of para-hydroxylation sites is 1. The molecule has 224 valence electrons. The Morgan fingerprint density at radius 1 is 0.907 bits per heavy atom. The zero-order chi connectivity index (χ0) is 30.5. The van der Waals surface area contributed by atoms with Gasteiger partial charge in [-0.2, -0.15) is 0 Å². The molecule has 0 aromatic heterocycles. The highest BCUT2D eigenvalue weighted by Gasteiger charge is 2.26. The Hall–Kier alpha value is -4.22. The van der Waals surface area contributed by atoms with Crippen molar-refractivity contribution >= 4 is 63.5 Å². The SMILES string of the molecule is Cc1ccc(C(=O)N2CCN(c3c(Cl)cccc3NC(=S)NC(=O)c3cc([N+](=O)[O-])ccc3N3CCCCC3)CC2)cc1. The largest absolute Gasteiger partial charge is 0.371 e. The summed E-state index contributed by atoms with van der Waals surface area (Å²) in [5.74, 6) is -0.542. The zero-order valence-corrected chi connectivity index (χ0v) is 25.4. The van der Waals surface area contributed by atoms with Crippen LogP contribution in [-0.4, -0.2) is 66.0 Å². The van der Waals surface area contributed by atoms with Crippen LogP contribution in [0.5, 0.6) is 0 Å². The second kappa shape index (κ2) is 13.4. The summed E-state index contributed by atoms with van der Waals surface area (Å²) < 4.78 is 0. The average Bonchev–Trinajstić information content (AvgIpc) is 3.01. The molecule has 0 aliphatic carbocycles. The van der Waals surface area contributed by atoms with Crippen molar-refractivity contribution in [1.29, 1.82) is 0 Å². The molecule has 2 fully saturated rings. The molecule has 5 rings (SSSR count). The number of amides is 2. The first kappa shape index (κ1) is 30.2. The molecule has 43 heavy (non-hydrogen) atoms. The number of aryl methyl sites for hydroxylation is 1. The van der Waals surface area contributed by atoms with Crippen LogP contribution in [0.3, 0.4) is 0 Å². The monoisotopic (exact) mass is 620 g/mol. The van der Waals surface area contributed by atoms with Gasteiger partial charge in [-0.15, -0.1) is 0 Å². The van der Waals surface area contributed by atoms with Gasteiger partial charge in [-0.3, -0.25) is 25.0 Å². The number of thiocarbonyl (C=S) groups is 1. The Labute approximate surface area is 260 Å². The maximum atomic E-state index is 13.4. The van der Waals surface area contributed by atoms with E-state index in [0.717, 1.165) is 37.9 Å². The van der Waals surface area contributed by atoms with Gasteiger partial charge in [-0.05, 0) is 68.7 Å². The number of hydrogen-bond acceptors (Lipinski definition) is 7. The summed E-state index contributed by atoms with van der Waals surface area (Å²) in [5, 5.41) is 17.8. The van der Waals surface area contributed by atoms with Crippen molar-refractivity contribution < 1.29 is 14.5 Å². The normalized spacial score (nSPS) is 15.2. The van der Waals surface area contributed by atoms with Crippen molar-refractivity contribution in [2.75, 3.05) is 54.4 Å². The minimum Gasteiger partial charge on any atom is -0.371 e. The smallest absolute Gasteiger partial charge is 0.270 e. The summed E-state index contributed by atoms with van der Waals surface area (Å²) in [6, 6.07) is 17.3. The van der Waals surface area contributed by atoms with Gasteiger partial charge in [0.15, 0.2) is 5.11 Å². The molecule has 3 aromatic rings. The van der Waals surface area contributed by atoms with Gasteiger partial charge in [0.2, 0.25) is 0 Å². The van der Waals surface area contributed by atoms with Gasteiger partial charge in [-0.25, -0.2) is 0 Å². The van der Waals surface area contributed by atoms with Crippen LogP contribution < -0.4 is 20.4 Å². The molecule has 2 aliphatic heterocycles. The van der Waals surface area contributed by atoms with E-state index in [4.69, 9.17) is 23.8 Å². The molecule has 2 saturated heterocycles. The Morgan fingerprint density at radius 2 is 1.60 bits per heavy atom. The molecule has 0 radical (unpaired) electrons. The van der Waals surface area contributed by atoms with Gasteiger partial charge >= 0.3 is 0 Å². The number of carbonyl (C=O) groups excluding carboxylic acids is 2. The number of non-ortho nitro benzene ring substituents is 1. The van der Waals surface area contributed by atoms with Crippen molar-refractivity contribution in [2.45, 2.75) is 26.2 Å². The van der Waals surface area contributed by atoms with Crippen molar-refractivity contribution in [2.24, 2.45) is 0 Å². The number of piperidine rings is 1. The van der Waals surface area contributed by atoms with Crippen LogP contribution in [0.1, 0.15) is 45.5 Å². The molecular formula is C31H33ClN6O4S. The third-order valence-electron chi connectivity index (χ3n) is 7.78. The number of hydrogen-bond donors (Lipinski definition) is 2. The third kappa shape index (κ3) is 7.06. The highest BCUT2D eigenvalue weighted by atomic mass is 35.5. The molecule has 12 heteroatoms. The summed E-state index contributed by atoms with van der Waals surface area (Å²) >= 11 is 12.2. The van der Waals surface area contributed by atoms with Crippen molar-refractivity contribution in [1.82, 2.24) is 10.2 Å². The van der Waals surface area contributed by atoms with Gasteiger partial charge in [0.05, 0.1) is 32.6 Å². The Morgan fingerprint density at radius 3 is 2.28 bits per heavy atom. The number of halogens is 1. The number of benzene rings is 3. The Balaban J connectivity index is 1.28. The fourth-order valence-corrected chi connectivity index (χ4v) is 6.00. The minimum atomic E-state index is -0.534. The molecule has 0 saturated carbocycles. The van der Waals surface area contributed by atoms with Crippen LogP contribution in [-0.2, 0) is 0 Å². The lowest BCUT2D eigenvalue weighted by molar-refractivity contribution is -0.384. The van der Waals surface area contributed by atoms with Crippen LogP contribution in [0, 0.1) is 17.0 Å². The number of piperazine rings is 1. The maximum absolute atomic E-state index is 13.4. The lowest BCUT2D eigenvalue weighted by atomic mass is 10.1. The topological polar surface area (TPSA) is 111 Å². The lowest BCUT2D eigenvalue weighted by Crippen LogP contribution is -2.49. The zero-order valence-electron chi connectivity index (χ0n) is 23.8. The third-order valence-corrected chi connectivity index (χ3v) is 8.29. The predicted molar refractivity (Wildman–Crippen MR) is 174 cm³/mol. The summed E-state index contributed by atoms with van der Waals surface area (Å²) in [4.78, 5) is 43.4. The summed E-state index contributed by atoms with van der Waals surface area (Å²) in [7, 11) is 0. The molecule has 2 aliphatic rings. The maximum Gasteiger partial charge on any atom is 0.270 e. The summed E-state index contributed by atoms with van der Waals surface area (Å²) in [6.45, 7) is 5.69. The molecule has 2 heterocycles. The van der Waals surface area contributed by atoms with Crippen LogP contribution in [0.15, 0.2) is 60.7 Å². The highest BCUT2D eigenvalue weighted by Crippen LogP contribution is 2.35. The number of nitro groups is 1. The summed E-state index contributed by atoms with van der Waals surface area (Å²) in [6.07, 6.45) is 3.09. The molecule has 0 bridgehead atoms. The van der Waals surface area contributed by atoms with E-state index in [1.165, 1.54) is 12.1 Å². The van der Waals surface area contributed by atoms with Gasteiger partial charge in [0.1, 0.15) is 0 Å². The predicted octanol–water partition coefficient (Wildman–Crippen LogP) is 5.64. The first-order valence-corrected chi connectivity index (χ1v) is 15.0. The Bertz CT molecular complexity index is 1540. The average molecular weight is 621 g/mol. The fourth-order valence-electron chi connectivity index (χ4n) is 5.50. The van der Waals surface area contributed by atoms with Crippen LogP contribution in [0.4, 0.5) is 22.7 Å². The van der Waals surface area contributed by atoms with Crippen molar-refractivity contribution in [3.8, 4) is 0 Å². The number of anilines is 3. The number of carbonyl (C=O) groups is 2. The number of nitrogens with zero attached hydrogens (tertiary/aromatic N) is 4. The highest BCUT2D eigenvalue weighted by molar-refractivity contribution is 7.80. The van der Waals surface area contributed by atoms with Gasteiger partial charge < -0.3 is 20.0 Å². The van der Waals surface area contributed by atoms with Gasteiger partial charge in [0.25, 0.3) is 17.5 Å². The van der Waals surface area contributed by atoms with E-state index in [-0.39, 0.29) is 22.3 Å². The second-order valence-corrected chi connectivity index (χ2v) is 11.5. The first-order valence-electron chi connectivity index (χ1n) is 14.3. The van der Waals surface area contributed by atoms with E-state index in [1.807, 2.05) is 42.2 Å². The molecule has 2 amide bonds. The molecule has 0 spiro atoms. The van der Waals surface area contributed by atoms with E-state index in [0.29, 0.717) is 53.8 Å². The molecule has 0 unspecified atom stereocenters.